The molecule has 0 amide bonds. The molecular weight excluding hydrogens is 360 g/mol. The molecule has 28 heavy (non-hydrogen) atoms. The fraction of sp³-hybridized carbons (Fsp3) is 0.350. The molecule has 0 aliphatic heterocycles. The number of quaternary nitrogens is 1. The third-order valence-corrected chi connectivity index (χ3v) is 5.31. The van der Waals surface area contributed by atoms with Crippen molar-refractivity contribution in [1.29, 1.82) is 0 Å². The van der Waals surface area contributed by atoms with Crippen molar-refractivity contribution in [2.45, 2.75) is 0 Å². The second kappa shape index (κ2) is 8.71. The van der Waals surface area contributed by atoms with Gasteiger partial charge in [0, 0.05) is 10.9 Å². The molecule has 0 bridgehead atoms. The lowest BCUT2D eigenvalue weighted by Gasteiger charge is -2.38. The Hall–Kier alpha value is -3.13. The van der Waals surface area contributed by atoms with Crippen LogP contribution >= 0.6 is 0 Å². The van der Waals surface area contributed by atoms with Gasteiger partial charge in [0.15, 0.2) is 5.78 Å². The number of nitroso groups, excluding NO2 is 3. The zero-order valence-electron chi connectivity index (χ0n) is 15.4. The van der Waals surface area contributed by atoms with Crippen molar-refractivity contribution in [1.82, 2.24) is 0 Å². The molecule has 0 saturated carbocycles. The monoisotopic (exact) mass is 381 g/mol. The van der Waals surface area contributed by atoms with Gasteiger partial charge >= 0.3 is 0 Å². The first kappa shape index (κ1) is 19.6. The SMILES string of the molecule is O=NCC[N+](CCN=O)(CCN=O)CC1=Cc2cccc3cccc(c23)C1=O. The van der Waals surface area contributed by atoms with Crippen LogP contribution in [0.3, 0.4) is 0 Å². The molecule has 0 radical (unpaired) electrons. The first-order valence-electron chi connectivity index (χ1n) is 9.13. The van der Waals surface area contributed by atoms with Gasteiger partial charge < -0.3 is 4.48 Å². The van der Waals surface area contributed by atoms with Crippen molar-refractivity contribution in [3.8, 4) is 0 Å². The van der Waals surface area contributed by atoms with E-state index in [1.165, 1.54) is 0 Å². The van der Waals surface area contributed by atoms with Crippen LogP contribution < -0.4 is 0 Å². The average Bonchev–Trinajstić information content (AvgIpc) is 2.72. The Morgan fingerprint density at radius 3 is 1.93 bits per heavy atom. The summed E-state index contributed by atoms with van der Waals surface area (Å²) in [5.74, 6) is -0.0796. The molecule has 0 unspecified atom stereocenters. The molecule has 0 spiro atoms. The number of carbonyl (C=O) groups excluding carboxylic acids is 1. The van der Waals surface area contributed by atoms with E-state index in [2.05, 4.69) is 15.5 Å². The molecule has 8 nitrogen and oxygen atoms in total. The second-order valence-electron chi connectivity index (χ2n) is 6.98. The van der Waals surface area contributed by atoms with Crippen LogP contribution in [0.1, 0.15) is 15.9 Å². The minimum atomic E-state index is -0.0796. The standard InChI is InChI=1S/C20H21N4O4/c25-20-17(13-16-5-1-3-15-4-2-6-18(20)19(15)16)14-24(10-7-21-26,11-8-22-27)12-9-23-28/h1-6,13H,7-12,14H2/q+1. The number of nitrogens with zero attached hydrogens (tertiary/aromatic N) is 4. The van der Waals surface area contributed by atoms with Crippen molar-refractivity contribution < 1.29 is 9.28 Å². The molecule has 1 aliphatic carbocycles. The number of hydrogen-bond donors (Lipinski definition) is 0. The highest BCUT2D eigenvalue weighted by Gasteiger charge is 2.33. The summed E-state index contributed by atoms with van der Waals surface area (Å²) in [5.41, 5.74) is 2.17. The smallest absolute Gasteiger partial charge is 0.195 e. The summed E-state index contributed by atoms with van der Waals surface area (Å²) in [4.78, 5) is 45.4. The van der Waals surface area contributed by atoms with E-state index >= 15 is 0 Å². The van der Waals surface area contributed by atoms with Gasteiger partial charge in [-0.05, 0) is 17.0 Å². The molecule has 8 heteroatoms. The van der Waals surface area contributed by atoms with Gasteiger partial charge in [0.2, 0.25) is 0 Å². The molecule has 0 heterocycles. The third kappa shape index (κ3) is 3.91. The average molecular weight is 381 g/mol. The molecular formula is C20H21N4O4+. The summed E-state index contributed by atoms with van der Waals surface area (Å²) >= 11 is 0. The van der Waals surface area contributed by atoms with Gasteiger partial charge in [-0.2, -0.15) is 14.7 Å². The van der Waals surface area contributed by atoms with Crippen molar-refractivity contribution in [3.63, 3.8) is 0 Å². The summed E-state index contributed by atoms with van der Waals surface area (Å²) in [5, 5.41) is 10.7. The Labute approximate surface area is 161 Å². The van der Waals surface area contributed by atoms with Crippen LogP contribution in [0.15, 0.2) is 57.5 Å². The molecule has 0 fully saturated rings. The minimum Gasteiger partial charge on any atom is -0.315 e. The fourth-order valence-corrected chi connectivity index (χ4v) is 3.92. The van der Waals surface area contributed by atoms with Gasteiger partial charge in [-0.1, -0.05) is 51.9 Å². The maximum atomic E-state index is 13.2. The summed E-state index contributed by atoms with van der Waals surface area (Å²) in [7, 11) is 0. The molecule has 144 valence electrons. The minimum absolute atomic E-state index is 0.0192. The molecule has 2 aromatic carbocycles. The first-order valence-corrected chi connectivity index (χ1v) is 9.13. The summed E-state index contributed by atoms with van der Waals surface area (Å²) < 4.78 is 0.193. The number of rotatable bonds is 11. The van der Waals surface area contributed by atoms with Crippen LogP contribution in [0.4, 0.5) is 0 Å². The van der Waals surface area contributed by atoms with Crippen LogP contribution in [0, 0.1) is 14.7 Å². The normalized spacial score (nSPS) is 13.3. The van der Waals surface area contributed by atoms with Crippen molar-refractivity contribution >= 4 is 22.6 Å². The van der Waals surface area contributed by atoms with E-state index in [1.54, 1.807) is 0 Å². The zero-order chi connectivity index (χ0) is 20.0. The van der Waals surface area contributed by atoms with Crippen LogP contribution in [0.25, 0.3) is 16.8 Å². The predicted molar refractivity (Wildman–Crippen MR) is 108 cm³/mol. The van der Waals surface area contributed by atoms with E-state index in [0.717, 1.165) is 16.3 Å². The Morgan fingerprint density at radius 2 is 1.36 bits per heavy atom. The van der Waals surface area contributed by atoms with Gasteiger partial charge in [0.1, 0.15) is 45.8 Å². The largest absolute Gasteiger partial charge is 0.315 e. The van der Waals surface area contributed by atoms with E-state index in [1.807, 2.05) is 42.5 Å². The Balaban J connectivity index is 2.01. The lowest BCUT2D eigenvalue weighted by Crippen LogP contribution is -2.54. The summed E-state index contributed by atoms with van der Waals surface area (Å²) in [6, 6.07) is 11.5. The lowest BCUT2D eigenvalue weighted by molar-refractivity contribution is -0.919. The lowest BCUT2D eigenvalue weighted by atomic mass is 9.87. The number of hydrogen-bond acceptors (Lipinski definition) is 7. The van der Waals surface area contributed by atoms with Crippen molar-refractivity contribution in [3.05, 3.63) is 67.8 Å². The van der Waals surface area contributed by atoms with Crippen molar-refractivity contribution in [2.24, 2.45) is 15.5 Å². The van der Waals surface area contributed by atoms with E-state index in [-0.39, 0.29) is 36.4 Å². The fourth-order valence-electron chi connectivity index (χ4n) is 3.92. The van der Waals surface area contributed by atoms with Crippen molar-refractivity contribution in [2.75, 3.05) is 45.8 Å². The quantitative estimate of drug-likeness (QED) is 0.438. The third-order valence-electron chi connectivity index (χ3n) is 5.31. The topological polar surface area (TPSA) is 105 Å². The van der Waals surface area contributed by atoms with Gasteiger partial charge in [-0.3, -0.25) is 4.79 Å². The molecule has 3 rings (SSSR count). The maximum absolute atomic E-state index is 13.2. The second-order valence-corrected chi connectivity index (χ2v) is 6.98. The molecule has 1 aliphatic rings. The molecule has 0 atom stereocenters. The Kier molecular flexibility index (Phi) is 6.10. The van der Waals surface area contributed by atoms with E-state index in [0.29, 0.717) is 30.8 Å². The molecule has 0 N–H and O–H groups in total. The summed E-state index contributed by atoms with van der Waals surface area (Å²) in [6.45, 7) is 1.27. The number of ketones is 1. The van der Waals surface area contributed by atoms with Crippen LogP contribution in [0.2, 0.25) is 0 Å². The highest BCUT2D eigenvalue weighted by atomic mass is 16.3. The van der Waals surface area contributed by atoms with Crippen LogP contribution in [-0.4, -0.2) is 56.1 Å². The molecule has 0 aromatic heterocycles. The van der Waals surface area contributed by atoms with E-state index in [9.17, 15) is 19.5 Å². The van der Waals surface area contributed by atoms with Crippen LogP contribution in [-0.2, 0) is 0 Å². The van der Waals surface area contributed by atoms with Crippen LogP contribution in [0.5, 0.6) is 0 Å². The molecule has 0 saturated heterocycles. The zero-order valence-corrected chi connectivity index (χ0v) is 15.4. The van der Waals surface area contributed by atoms with Gasteiger partial charge in [-0.25, -0.2) is 0 Å². The summed E-state index contributed by atoms with van der Waals surface area (Å²) in [6.07, 6.45) is 1.86. The van der Waals surface area contributed by atoms with E-state index in [4.69, 9.17) is 0 Å². The number of carbonyl (C=O) groups is 1. The highest BCUT2D eigenvalue weighted by molar-refractivity contribution is 6.22. The van der Waals surface area contributed by atoms with Gasteiger partial charge in [0.05, 0.1) is 5.57 Å². The van der Waals surface area contributed by atoms with Gasteiger partial charge in [-0.15, -0.1) is 0 Å². The Bertz CT molecular complexity index is 918. The number of Topliss-reactive ketones (excluding diaryl/α,β-unsaturated/α-hetero) is 1. The maximum Gasteiger partial charge on any atom is 0.195 e. The van der Waals surface area contributed by atoms with E-state index < -0.39 is 0 Å². The van der Waals surface area contributed by atoms with Gasteiger partial charge in [0.25, 0.3) is 0 Å². The first-order chi connectivity index (χ1) is 13.6. The predicted octanol–water partition coefficient (Wildman–Crippen LogP) is 3.54. The molecule has 2 aromatic rings. The Morgan fingerprint density at radius 1 is 0.786 bits per heavy atom. The number of benzene rings is 2. The highest BCUT2D eigenvalue weighted by Crippen LogP contribution is 2.32.